The van der Waals surface area contributed by atoms with Crippen molar-refractivity contribution in [2.75, 3.05) is 18.8 Å². The maximum Gasteiger partial charge on any atom is 0.326 e. The summed E-state index contributed by atoms with van der Waals surface area (Å²) in [4.78, 5) is 36.4. The molecule has 1 aliphatic heterocycles. The topological polar surface area (TPSA) is 75.7 Å². The fraction of sp³-hybridized carbons (Fsp3) is 0.769. The summed E-state index contributed by atoms with van der Waals surface area (Å²) in [5.74, 6) is -0.0913. The van der Waals surface area contributed by atoms with Gasteiger partial charge in [-0.2, -0.15) is 0 Å². The molecule has 0 aromatic rings. The molecule has 0 aromatic carbocycles. The highest BCUT2D eigenvalue weighted by Crippen LogP contribution is 2.18. The van der Waals surface area contributed by atoms with Gasteiger partial charge in [0.2, 0.25) is 0 Å². The van der Waals surface area contributed by atoms with E-state index in [1.807, 2.05) is 0 Å². The maximum atomic E-state index is 11.9. The van der Waals surface area contributed by atoms with Gasteiger partial charge >= 0.3 is 5.97 Å². The summed E-state index contributed by atoms with van der Waals surface area (Å²) in [6, 6.07) is 0.209. The molecule has 7 heteroatoms. The standard InChI is InChI=1S/C13H20N2O4S/c1-9(12(17)14-10-4-2-3-5-10)19-11(16)8-15-6-7-20-13(15)18/h9-10H,2-8H2,1H3,(H,14,17)/t9-/m0/s1. The number of thioether (sulfide) groups is 1. The number of amides is 2. The van der Waals surface area contributed by atoms with E-state index in [0.29, 0.717) is 12.3 Å². The van der Waals surface area contributed by atoms with Crippen LogP contribution >= 0.6 is 11.8 Å². The Morgan fingerprint density at radius 3 is 2.75 bits per heavy atom. The van der Waals surface area contributed by atoms with E-state index < -0.39 is 12.1 Å². The predicted molar refractivity (Wildman–Crippen MR) is 75.4 cm³/mol. The van der Waals surface area contributed by atoms with Crippen molar-refractivity contribution in [1.82, 2.24) is 10.2 Å². The Balaban J connectivity index is 1.72. The van der Waals surface area contributed by atoms with Crippen molar-refractivity contribution in [3.63, 3.8) is 0 Å². The number of hydrogen-bond acceptors (Lipinski definition) is 5. The Hall–Kier alpha value is -1.24. The first kappa shape index (κ1) is 15.2. The highest BCUT2D eigenvalue weighted by atomic mass is 32.2. The van der Waals surface area contributed by atoms with Crippen LogP contribution in [0.2, 0.25) is 0 Å². The lowest BCUT2D eigenvalue weighted by Crippen LogP contribution is -2.42. The summed E-state index contributed by atoms with van der Waals surface area (Å²) in [5.41, 5.74) is 0. The van der Waals surface area contributed by atoms with E-state index in [9.17, 15) is 14.4 Å². The summed E-state index contributed by atoms with van der Waals surface area (Å²) in [6.07, 6.45) is 3.44. The number of esters is 1. The molecule has 1 heterocycles. The molecular weight excluding hydrogens is 280 g/mol. The van der Waals surface area contributed by atoms with Crippen LogP contribution < -0.4 is 5.32 Å². The molecule has 0 aromatic heterocycles. The largest absolute Gasteiger partial charge is 0.451 e. The molecule has 2 aliphatic rings. The number of ether oxygens (including phenoxy) is 1. The molecule has 1 saturated carbocycles. The SMILES string of the molecule is C[C@H](OC(=O)CN1CCSC1=O)C(=O)NC1CCCC1. The van der Waals surface area contributed by atoms with Crippen molar-refractivity contribution in [3.05, 3.63) is 0 Å². The fourth-order valence-electron chi connectivity index (χ4n) is 2.40. The zero-order chi connectivity index (χ0) is 14.5. The van der Waals surface area contributed by atoms with Crippen molar-refractivity contribution in [2.45, 2.75) is 44.8 Å². The van der Waals surface area contributed by atoms with Gasteiger partial charge in [-0.15, -0.1) is 0 Å². The van der Waals surface area contributed by atoms with Crippen LogP contribution in [0, 0.1) is 0 Å². The van der Waals surface area contributed by atoms with Crippen LogP contribution in [0.5, 0.6) is 0 Å². The average molecular weight is 300 g/mol. The molecule has 1 atom stereocenters. The number of carbonyl (C=O) groups is 3. The van der Waals surface area contributed by atoms with Gasteiger partial charge in [-0.1, -0.05) is 24.6 Å². The highest BCUT2D eigenvalue weighted by molar-refractivity contribution is 8.13. The third-order valence-electron chi connectivity index (χ3n) is 3.54. The zero-order valence-electron chi connectivity index (χ0n) is 11.6. The van der Waals surface area contributed by atoms with Crippen LogP contribution in [-0.2, 0) is 14.3 Å². The lowest BCUT2D eigenvalue weighted by Gasteiger charge is -2.19. The lowest BCUT2D eigenvalue weighted by molar-refractivity contribution is -0.155. The Morgan fingerprint density at radius 1 is 1.45 bits per heavy atom. The van der Waals surface area contributed by atoms with Gasteiger partial charge in [0.1, 0.15) is 6.54 Å². The van der Waals surface area contributed by atoms with Crippen molar-refractivity contribution >= 4 is 28.9 Å². The summed E-state index contributed by atoms with van der Waals surface area (Å²) < 4.78 is 5.08. The number of nitrogens with zero attached hydrogens (tertiary/aromatic N) is 1. The number of nitrogens with one attached hydrogen (secondary N) is 1. The van der Waals surface area contributed by atoms with Crippen LogP contribution in [0.3, 0.4) is 0 Å². The van der Waals surface area contributed by atoms with Gasteiger partial charge in [-0.25, -0.2) is 0 Å². The van der Waals surface area contributed by atoms with Crippen LogP contribution in [0.1, 0.15) is 32.6 Å². The number of hydrogen-bond donors (Lipinski definition) is 1. The van der Waals surface area contributed by atoms with Crippen molar-refractivity contribution < 1.29 is 19.1 Å². The zero-order valence-corrected chi connectivity index (χ0v) is 12.4. The molecule has 0 bridgehead atoms. The molecule has 1 saturated heterocycles. The summed E-state index contributed by atoms with van der Waals surface area (Å²) in [6.45, 7) is 2.04. The summed E-state index contributed by atoms with van der Waals surface area (Å²) >= 11 is 1.19. The summed E-state index contributed by atoms with van der Waals surface area (Å²) in [5, 5.41) is 2.78. The van der Waals surface area contributed by atoms with Gasteiger partial charge in [0, 0.05) is 18.3 Å². The monoisotopic (exact) mass is 300 g/mol. The Kier molecular flexibility index (Phi) is 5.28. The lowest BCUT2D eigenvalue weighted by atomic mass is 10.2. The van der Waals surface area contributed by atoms with Gasteiger partial charge in [-0.3, -0.25) is 14.4 Å². The summed E-state index contributed by atoms with van der Waals surface area (Å²) in [7, 11) is 0. The third-order valence-corrected chi connectivity index (χ3v) is 4.44. The van der Waals surface area contributed by atoms with Crippen LogP contribution in [0.4, 0.5) is 4.79 Å². The molecule has 2 amide bonds. The fourth-order valence-corrected chi connectivity index (χ4v) is 3.23. The van der Waals surface area contributed by atoms with Gasteiger partial charge in [0.05, 0.1) is 0 Å². The van der Waals surface area contributed by atoms with Gasteiger partial charge in [-0.05, 0) is 19.8 Å². The molecule has 0 spiro atoms. The van der Waals surface area contributed by atoms with E-state index in [1.165, 1.54) is 16.7 Å². The first-order chi connectivity index (χ1) is 9.56. The molecular formula is C13H20N2O4S. The quantitative estimate of drug-likeness (QED) is 0.771. The molecule has 0 radical (unpaired) electrons. The Bertz CT molecular complexity index is 396. The molecule has 20 heavy (non-hydrogen) atoms. The minimum atomic E-state index is -0.812. The van der Waals surface area contributed by atoms with Gasteiger partial charge in [0.25, 0.3) is 11.1 Å². The Labute approximate surface area is 122 Å². The molecule has 112 valence electrons. The third kappa shape index (κ3) is 4.13. The second-order valence-electron chi connectivity index (χ2n) is 5.16. The minimum absolute atomic E-state index is 0.0765. The average Bonchev–Trinajstić information content (AvgIpc) is 3.02. The Morgan fingerprint density at radius 2 is 2.15 bits per heavy atom. The molecule has 0 unspecified atom stereocenters. The normalized spacial score (nSPS) is 21.1. The van der Waals surface area contributed by atoms with E-state index >= 15 is 0 Å². The van der Waals surface area contributed by atoms with Crippen LogP contribution in [0.15, 0.2) is 0 Å². The molecule has 6 nitrogen and oxygen atoms in total. The smallest absolute Gasteiger partial charge is 0.326 e. The second-order valence-corrected chi connectivity index (χ2v) is 6.20. The van der Waals surface area contributed by atoms with Gasteiger partial charge in [0.15, 0.2) is 6.10 Å². The van der Waals surface area contributed by atoms with Crippen LogP contribution in [-0.4, -0.2) is 53.0 Å². The predicted octanol–water partition coefficient (Wildman–Crippen LogP) is 1.15. The molecule has 1 aliphatic carbocycles. The van der Waals surface area contributed by atoms with Crippen molar-refractivity contribution in [1.29, 1.82) is 0 Å². The van der Waals surface area contributed by atoms with Gasteiger partial charge < -0.3 is 15.0 Å². The molecule has 2 rings (SSSR count). The first-order valence-electron chi connectivity index (χ1n) is 6.98. The second kappa shape index (κ2) is 6.97. The van der Waals surface area contributed by atoms with E-state index in [4.69, 9.17) is 4.74 Å². The van der Waals surface area contributed by atoms with E-state index in [1.54, 1.807) is 6.92 Å². The van der Waals surface area contributed by atoms with Crippen molar-refractivity contribution in [2.24, 2.45) is 0 Å². The van der Waals surface area contributed by atoms with E-state index in [0.717, 1.165) is 25.7 Å². The maximum absolute atomic E-state index is 11.9. The van der Waals surface area contributed by atoms with Crippen molar-refractivity contribution in [3.8, 4) is 0 Å². The van der Waals surface area contributed by atoms with Crippen LogP contribution in [0.25, 0.3) is 0 Å². The number of carbonyl (C=O) groups excluding carboxylic acids is 3. The molecule has 2 fully saturated rings. The van der Waals surface area contributed by atoms with E-state index in [-0.39, 0.29) is 23.7 Å². The van der Waals surface area contributed by atoms with E-state index in [2.05, 4.69) is 5.32 Å². The number of rotatable bonds is 5. The first-order valence-corrected chi connectivity index (χ1v) is 7.96. The highest BCUT2D eigenvalue weighted by Gasteiger charge is 2.27. The minimum Gasteiger partial charge on any atom is -0.451 e. The molecule has 1 N–H and O–H groups in total.